The van der Waals surface area contributed by atoms with E-state index in [1.165, 1.54) is 12.8 Å². The molecule has 1 saturated carbocycles. The highest BCUT2D eigenvalue weighted by Crippen LogP contribution is 2.23. The molecule has 0 radical (unpaired) electrons. The monoisotopic (exact) mass is 265 g/mol. The van der Waals surface area contributed by atoms with Crippen molar-refractivity contribution in [2.45, 2.75) is 32.6 Å². The van der Waals surface area contributed by atoms with Gasteiger partial charge >= 0.3 is 12.0 Å². The molecular weight excluding hydrogens is 246 g/mol. The normalized spacial score (nSPS) is 15.4. The molecule has 6 nitrogen and oxygen atoms in total. The second kappa shape index (κ2) is 5.77. The summed E-state index contributed by atoms with van der Waals surface area (Å²) in [6, 6.07) is 1.26. The molecule has 1 fully saturated rings. The number of aromatic nitrogens is 1. The van der Waals surface area contributed by atoms with E-state index < -0.39 is 5.97 Å². The van der Waals surface area contributed by atoms with Crippen LogP contribution in [0.15, 0.2) is 6.07 Å². The van der Waals surface area contributed by atoms with E-state index in [1.807, 2.05) is 0 Å². The lowest BCUT2D eigenvalue weighted by Gasteiger charge is -2.11. The average molecular weight is 265 g/mol. The van der Waals surface area contributed by atoms with E-state index in [0.717, 1.165) is 12.8 Å². The summed E-state index contributed by atoms with van der Waals surface area (Å²) >= 11 is 0. The maximum absolute atomic E-state index is 11.7. The van der Waals surface area contributed by atoms with Gasteiger partial charge in [0.1, 0.15) is 5.69 Å². The first-order valence-electron chi connectivity index (χ1n) is 6.54. The van der Waals surface area contributed by atoms with Crippen LogP contribution in [0.5, 0.6) is 0 Å². The number of anilines is 1. The first kappa shape index (κ1) is 13.5. The molecule has 0 saturated heterocycles. The highest BCUT2D eigenvalue weighted by Gasteiger charge is 2.18. The maximum Gasteiger partial charge on any atom is 0.354 e. The number of carboxylic acid groups (broad SMARTS) is 1. The lowest BCUT2D eigenvalue weighted by atomic mass is 10.1. The van der Waals surface area contributed by atoms with E-state index in [1.54, 1.807) is 13.0 Å². The predicted molar refractivity (Wildman–Crippen MR) is 71.5 cm³/mol. The molecule has 0 unspecified atom stereocenters. The first-order valence-corrected chi connectivity index (χ1v) is 6.54. The van der Waals surface area contributed by atoms with Crippen LogP contribution >= 0.6 is 0 Å². The van der Waals surface area contributed by atoms with Gasteiger partial charge in [-0.2, -0.15) is 0 Å². The molecule has 6 heteroatoms. The summed E-state index contributed by atoms with van der Waals surface area (Å²) in [5.41, 5.74) is 1.01. The van der Waals surface area contributed by atoms with Crippen LogP contribution in [0.4, 0.5) is 10.5 Å². The Kier molecular flexibility index (Phi) is 4.09. The smallest absolute Gasteiger partial charge is 0.354 e. The summed E-state index contributed by atoms with van der Waals surface area (Å²) in [5.74, 6) is -0.531. The molecule has 0 bridgehead atoms. The zero-order chi connectivity index (χ0) is 13.8. The molecule has 104 valence electrons. The van der Waals surface area contributed by atoms with Crippen LogP contribution in [-0.2, 0) is 0 Å². The van der Waals surface area contributed by atoms with Gasteiger partial charge in [0, 0.05) is 12.2 Å². The van der Waals surface area contributed by atoms with Gasteiger partial charge in [-0.15, -0.1) is 0 Å². The van der Waals surface area contributed by atoms with Crippen molar-refractivity contribution in [2.24, 2.45) is 5.92 Å². The number of amides is 2. The molecule has 1 aliphatic rings. The van der Waals surface area contributed by atoms with Crippen LogP contribution in [0, 0.1) is 12.8 Å². The number of aryl methyl sites for hydroxylation is 1. The molecule has 1 aromatic rings. The van der Waals surface area contributed by atoms with Crippen molar-refractivity contribution in [3.8, 4) is 0 Å². The largest absolute Gasteiger partial charge is 0.477 e. The fourth-order valence-electron chi connectivity index (χ4n) is 2.47. The molecule has 1 heterocycles. The van der Waals surface area contributed by atoms with Crippen LogP contribution in [0.1, 0.15) is 41.9 Å². The molecule has 1 aliphatic carbocycles. The number of H-pyrrole nitrogens is 1. The average Bonchev–Trinajstić information content (AvgIpc) is 2.96. The standard InChI is InChI=1S/C13H19N3O3/c1-8-6-10(11(15-8)12(17)18)16-13(19)14-7-9-4-2-3-5-9/h6,9,15H,2-5,7H2,1H3,(H,17,18)(H2,14,16,19). The van der Waals surface area contributed by atoms with Crippen LogP contribution < -0.4 is 10.6 Å². The number of urea groups is 1. The molecule has 0 atom stereocenters. The third kappa shape index (κ3) is 3.49. The Morgan fingerprint density at radius 1 is 1.42 bits per heavy atom. The van der Waals surface area contributed by atoms with Gasteiger partial charge < -0.3 is 20.7 Å². The van der Waals surface area contributed by atoms with E-state index >= 15 is 0 Å². The minimum absolute atomic E-state index is 0.00789. The molecular formula is C13H19N3O3. The number of rotatable bonds is 4. The fraction of sp³-hybridized carbons (Fsp3) is 0.538. The third-order valence-electron chi connectivity index (χ3n) is 3.44. The Morgan fingerprint density at radius 3 is 2.74 bits per heavy atom. The van der Waals surface area contributed by atoms with Gasteiger partial charge in [0.2, 0.25) is 0 Å². The molecule has 4 N–H and O–H groups in total. The molecule has 0 spiro atoms. The van der Waals surface area contributed by atoms with E-state index in [0.29, 0.717) is 23.8 Å². The van der Waals surface area contributed by atoms with Crippen molar-refractivity contribution >= 4 is 17.7 Å². The van der Waals surface area contributed by atoms with Gasteiger partial charge in [-0.05, 0) is 31.7 Å². The van der Waals surface area contributed by atoms with Gasteiger partial charge in [0.15, 0.2) is 0 Å². The zero-order valence-electron chi connectivity index (χ0n) is 11.0. The topological polar surface area (TPSA) is 94.2 Å². The Labute approximate surface area is 111 Å². The summed E-state index contributed by atoms with van der Waals surface area (Å²) in [5, 5.41) is 14.4. The van der Waals surface area contributed by atoms with Crippen LogP contribution in [-0.4, -0.2) is 28.6 Å². The number of carbonyl (C=O) groups is 2. The molecule has 0 aromatic carbocycles. The van der Waals surface area contributed by atoms with Gasteiger partial charge in [-0.3, -0.25) is 0 Å². The lowest BCUT2D eigenvalue weighted by molar-refractivity contribution is 0.0692. The first-order chi connectivity index (χ1) is 9.06. The predicted octanol–water partition coefficient (Wildman–Crippen LogP) is 2.33. The molecule has 2 amide bonds. The number of carboxylic acids is 1. The Morgan fingerprint density at radius 2 is 2.11 bits per heavy atom. The Hall–Kier alpha value is -1.98. The third-order valence-corrected chi connectivity index (χ3v) is 3.44. The van der Waals surface area contributed by atoms with Gasteiger partial charge in [-0.1, -0.05) is 12.8 Å². The lowest BCUT2D eigenvalue weighted by Crippen LogP contribution is -2.32. The van der Waals surface area contributed by atoms with Gasteiger partial charge in [-0.25, -0.2) is 9.59 Å². The molecule has 19 heavy (non-hydrogen) atoms. The van der Waals surface area contributed by atoms with E-state index in [9.17, 15) is 9.59 Å². The summed E-state index contributed by atoms with van der Waals surface area (Å²) in [7, 11) is 0. The highest BCUT2D eigenvalue weighted by molar-refractivity contribution is 5.99. The minimum atomic E-state index is -1.08. The van der Waals surface area contributed by atoms with Crippen molar-refractivity contribution in [3.63, 3.8) is 0 Å². The number of aromatic amines is 1. The quantitative estimate of drug-likeness (QED) is 0.673. The SMILES string of the molecule is Cc1cc(NC(=O)NCC2CCCC2)c(C(=O)O)[nH]1. The summed E-state index contributed by atoms with van der Waals surface area (Å²) in [6.07, 6.45) is 4.77. The molecule has 1 aromatic heterocycles. The highest BCUT2D eigenvalue weighted by atomic mass is 16.4. The van der Waals surface area contributed by atoms with Gasteiger partial charge in [0.25, 0.3) is 0 Å². The molecule has 0 aliphatic heterocycles. The number of carbonyl (C=O) groups excluding carboxylic acids is 1. The van der Waals surface area contributed by atoms with E-state index in [-0.39, 0.29) is 11.7 Å². The van der Waals surface area contributed by atoms with Crippen LogP contribution in [0.2, 0.25) is 0 Å². The molecule has 2 rings (SSSR count). The van der Waals surface area contributed by atoms with Crippen LogP contribution in [0.3, 0.4) is 0 Å². The zero-order valence-corrected chi connectivity index (χ0v) is 11.0. The second-order valence-corrected chi connectivity index (χ2v) is 5.03. The number of aromatic carboxylic acids is 1. The van der Waals surface area contributed by atoms with Crippen molar-refractivity contribution in [3.05, 3.63) is 17.5 Å². The number of hydrogen-bond acceptors (Lipinski definition) is 2. The number of nitrogens with one attached hydrogen (secondary N) is 3. The number of hydrogen-bond donors (Lipinski definition) is 4. The summed E-state index contributed by atoms with van der Waals surface area (Å²) < 4.78 is 0. The maximum atomic E-state index is 11.7. The van der Waals surface area contributed by atoms with Crippen molar-refractivity contribution in [1.82, 2.24) is 10.3 Å². The Bertz CT molecular complexity index is 475. The second-order valence-electron chi connectivity index (χ2n) is 5.03. The van der Waals surface area contributed by atoms with E-state index in [2.05, 4.69) is 15.6 Å². The minimum Gasteiger partial charge on any atom is -0.477 e. The van der Waals surface area contributed by atoms with E-state index in [4.69, 9.17) is 5.11 Å². The van der Waals surface area contributed by atoms with Crippen molar-refractivity contribution in [2.75, 3.05) is 11.9 Å². The summed E-state index contributed by atoms with van der Waals surface area (Å²) in [4.78, 5) is 25.4. The Balaban J connectivity index is 1.89. The summed E-state index contributed by atoms with van der Waals surface area (Å²) in [6.45, 7) is 2.39. The van der Waals surface area contributed by atoms with Gasteiger partial charge in [0.05, 0.1) is 5.69 Å². The van der Waals surface area contributed by atoms with Crippen LogP contribution in [0.25, 0.3) is 0 Å². The van der Waals surface area contributed by atoms with Crippen molar-refractivity contribution < 1.29 is 14.7 Å². The fourth-order valence-corrected chi connectivity index (χ4v) is 2.47. The van der Waals surface area contributed by atoms with Crippen molar-refractivity contribution in [1.29, 1.82) is 0 Å².